The molecule has 6 heteroatoms. The molecule has 0 fully saturated rings. The van der Waals surface area contributed by atoms with E-state index >= 15 is 0 Å². The molecule has 1 aromatic carbocycles. The third-order valence-corrected chi connectivity index (χ3v) is 2.76. The van der Waals surface area contributed by atoms with E-state index in [0.717, 1.165) is 0 Å². The summed E-state index contributed by atoms with van der Waals surface area (Å²) in [6.07, 6.45) is -5.19. The Labute approximate surface area is 115 Å². The molecule has 0 amide bonds. The maximum atomic E-state index is 12.1. The van der Waals surface area contributed by atoms with Gasteiger partial charge in [0, 0.05) is 23.2 Å². The molecule has 2 nitrogen and oxygen atoms in total. The molecule has 0 aliphatic carbocycles. The highest BCUT2D eigenvalue weighted by Gasteiger charge is 2.27. The Balaban J connectivity index is 2.68. The average Bonchev–Trinajstić information content (AvgIpc) is 2.26. The molecule has 0 aliphatic rings. The van der Waals surface area contributed by atoms with Gasteiger partial charge in [-0.3, -0.25) is 0 Å². The van der Waals surface area contributed by atoms with Crippen LogP contribution in [0.5, 0.6) is 5.75 Å². The van der Waals surface area contributed by atoms with Gasteiger partial charge in [0.1, 0.15) is 5.75 Å². The lowest BCUT2D eigenvalue weighted by Gasteiger charge is -2.15. The van der Waals surface area contributed by atoms with Crippen molar-refractivity contribution in [2.45, 2.75) is 39.0 Å². The molecule has 0 saturated heterocycles. The minimum absolute atomic E-state index is 0.249. The zero-order valence-corrected chi connectivity index (χ0v) is 11.6. The van der Waals surface area contributed by atoms with Crippen molar-refractivity contribution in [1.82, 2.24) is 5.32 Å². The molecule has 0 atom stereocenters. The van der Waals surface area contributed by atoms with Crippen LogP contribution in [0.2, 0.25) is 5.02 Å². The van der Waals surface area contributed by atoms with Crippen LogP contribution >= 0.6 is 11.6 Å². The summed E-state index contributed by atoms with van der Waals surface area (Å²) in [6.45, 7) is 4.00. The van der Waals surface area contributed by atoms with Crippen LogP contribution in [-0.4, -0.2) is 18.8 Å². The zero-order valence-electron chi connectivity index (χ0n) is 10.9. The first-order valence-electron chi connectivity index (χ1n) is 6.00. The van der Waals surface area contributed by atoms with Crippen molar-refractivity contribution >= 4 is 11.6 Å². The molecule has 0 bridgehead atoms. The van der Waals surface area contributed by atoms with Gasteiger partial charge >= 0.3 is 6.18 Å². The van der Waals surface area contributed by atoms with Gasteiger partial charge in [-0.1, -0.05) is 31.5 Å². The normalized spacial score (nSPS) is 11.9. The quantitative estimate of drug-likeness (QED) is 0.850. The fraction of sp³-hybridized carbons (Fsp3) is 0.538. The second kappa shape index (κ2) is 7.01. The Morgan fingerprint density at radius 3 is 2.58 bits per heavy atom. The van der Waals surface area contributed by atoms with E-state index in [-0.39, 0.29) is 6.04 Å². The number of rotatable bonds is 6. The number of hydrogen-bond acceptors (Lipinski definition) is 2. The molecule has 0 unspecified atom stereocenters. The monoisotopic (exact) mass is 295 g/mol. The maximum Gasteiger partial charge on any atom is 0.392 e. The van der Waals surface area contributed by atoms with E-state index in [9.17, 15) is 13.2 Å². The summed E-state index contributed by atoms with van der Waals surface area (Å²) >= 11 is 6.04. The first kappa shape index (κ1) is 16.1. The van der Waals surface area contributed by atoms with E-state index in [4.69, 9.17) is 16.3 Å². The fourth-order valence-electron chi connectivity index (χ4n) is 1.43. The number of alkyl halides is 3. The van der Waals surface area contributed by atoms with E-state index in [0.29, 0.717) is 22.9 Å². The average molecular weight is 296 g/mol. The van der Waals surface area contributed by atoms with Gasteiger partial charge in [-0.2, -0.15) is 13.2 Å². The van der Waals surface area contributed by atoms with Crippen molar-refractivity contribution in [1.29, 1.82) is 0 Å². The number of hydrogen-bond donors (Lipinski definition) is 1. The number of nitrogens with one attached hydrogen (secondary N) is 1. The minimum Gasteiger partial charge on any atom is -0.493 e. The van der Waals surface area contributed by atoms with Crippen molar-refractivity contribution < 1.29 is 17.9 Å². The van der Waals surface area contributed by atoms with E-state index in [1.54, 1.807) is 18.2 Å². The van der Waals surface area contributed by atoms with Gasteiger partial charge in [-0.25, -0.2) is 0 Å². The van der Waals surface area contributed by atoms with Crippen molar-refractivity contribution in [3.8, 4) is 5.75 Å². The van der Waals surface area contributed by atoms with Crippen LogP contribution in [0.3, 0.4) is 0 Å². The number of benzene rings is 1. The number of ether oxygens (including phenoxy) is 1. The molecule has 1 rings (SSSR count). The summed E-state index contributed by atoms with van der Waals surface area (Å²) in [4.78, 5) is 0. The van der Waals surface area contributed by atoms with Crippen molar-refractivity contribution in [2.24, 2.45) is 0 Å². The zero-order chi connectivity index (χ0) is 14.5. The summed E-state index contributed by atoms with van der Waals surface area (Å²) in [5, 5.41) is 3.65. The lowest BCUT2D eigenvalue weighted by atomic mass is 10.2. The Morgan fingerprint density at radius 2 is 2.00 bits per heavy atom. The van der Waals surface area contributed by atoms with E-state index in [2.05, 4.69) is 5.32 Å². The maximum absolute atomic E-state index is 12.1. The lowest BCUT2D eigenvalue weighted by molar-refractivity contribution is -0.139. The lowest BCUT2D eigenvalue weighted by Crippen LogP contribution is -2.22. The molecule has 108 valence electrons. The molecule has 0 spiro atoms. The second-order valence-electron chi connectivity index (χ2n) is 4.47. The van der Waals surface area contributed by atoms with Crippen LogP contribution in [0, 0.1) is 0 Å². The summed E-state index contributed by atoms with van der Waals surface area (Å²) in [5.41, 5.74) is 0.681. The topological polar surface area (TPSA) is 21.3 Å². The van der Waals surface area contributed by atoms with Crippen molar-refractivity contribution in [3.63, 3.8) is 0 Å². The van der Waals surface area contributed by atoms with Crippen LogP contribution < -0.4 is 10.1 Å². The molecule has 0 aromatic heterocycles. The Bertz CT molecular complexity index is 407. The highest BCUT2D eigenvalue weighted by molar-refractivity contribution is 6.31. The predicted octanol–water partition coefficient (Wildman–Crippen LogP) is 4.17. The smallest absolute Gasteiger partial charge is 0.392 e. The van der Waals surface area contributed by atoms with Gasteiger partial charge < -0.3 is 10.1 Å². The summed E-state index contributed by atoms with van der Waals surface area (Å²) in [5.74, 6) is 0.393. The molecular formula is C13H17ClF3NO. The van der Waals surface area contributed by atoms with Crippen LogP contribution in [0.1, 0.15) is 25.8 Å². The van der Waals surface area contributed by atoms with Crippen LogP contribution in [0.15, 0.2) is 18.2 Å². The predicted molar refractivity (Wildman–Crippen MR) is 69.6 cm³/mol. The molecule has 0 saturated carbocycles. The van der Waals surface area contributed by atoms with Gasteiger partial charge in [-0.05, 0) is 12.1 Å². The molecular weight excluding hydrogens is 279 g/mol. The molecule has 1 N–H and O–H groups in total. The number of halogens is 4. The van der Waals surface area contributed by atoms with E-state index < -0.39 is 19.2 Å². The summed E-state index contributed by atoms with van der Waals surface area (Å²) in [7, 11) is 0. The van der Waals surface area contributed by atoms with Crippen molar-refractivity contribution in [3.05, 3.63) is 28.8 Å². The summed E-state index contributed by atoms with van der Waals surface area (Å²) in [6, 6.07) is 5.22. The van der Waals surface area contributed by atoms with Crippen LogP contribution in [0.4, 0.5) is 13.2 Å². The van der Waals surface area contributed by atoms with Gasteiger partial charge in [0.15, 0.2) is 0 Å². The molecule has 0 aliphatic heterocycles. The Hall–Kier alpha value is -0.940. The molecule has 0 heterocycles. The second-order valence-corrected chi connectivity index (χ2v) is 4.87. The van der Waals surface area contributed by atoms with Gasteiger partial charge in [0.2, 0.25) is 0 Å². The fourth-order valence-corrected chi connectivity index (χ4v) is 1.66. The van der Waals surface area contributed by atoms with E-state index in [1.807, 2.05) is 13.8 Å². The van der Waals surface area contributed by atoms with Gasteiger partial charge in [-0.15, -0.1) is 0 Å². The first-order valence-corrected chi connectivity index (χ1v) is 6.37. The Morgan fingerprint density at radius 1 is 1.32 bits per heavy atom. The SMILES string of the molecule is CC(C)NCc1c(Cl)cccc1OCCC(F)(F)F. The van der Waals surface area contributed by atoms with Crippen LogP contribution in [-0.2, 0) is 6.54 Å². The standard InChI is InChI=1S/C13H17ClF3NO/c1-9(2)18-8-10-11(14)4-3-5-12(10)19-7-6-13(15,16)17/h3-5,9,18H,6-8H2,1-2H3. The van der Waals surface area contributed by atoms with E-state index in [1.165, 1.54) is 0 Å². The first-order chi connectivity index (χ1) is 8.79. The molecule has 1 aromatic rings. The van der Waals surface area contributed by atoms with Gasteiger partial charge in [0.25, 0.3) is 0 Å². The highest BCUT2D eigenvalue weighted by Crippen LogP contribution is 2.27. The highest BCUT2D eigenvalue weighted by atomic mass is 35.5. The third-order valence-electron chi connectivity index (χ3n) is 2.41. The molecule has 19 heavy (non-hydrogen) atoms. The third kappa shape index (κ3) is 6.16. The largest absolute Gasteiger partial charge is 0.493 e. The Kier molecular flexibility index (Phi) is 5.94. The minimum atomic E-state index is -4.21. The van der Waals surface area contributed by atoms with Crippen LogP contribution in [0.25, 0.3) is 0 Å². The molecule has 0 radical (unpaired) electrons. The van der Waals surface area contributed by atoms with Gasteiger partial charge in [0.05, 0.1) is 13.0 Å². The summed E-state index contributed by atoms with van der Waals surface area (Å²) < 4.78 is 41.4. The van der Waals surface area contributed by atoms with Crippen molar-refractivity contribution in [2.75, 3.05) is 6.61 Å².